The second-order valence-corrected chi connectivity index (χ2v) is 5.04. The quantitative estimate of drug-likeness (QED) is 0.822. The Balaban J connectivity index is 2.56. The van der Waals surface area contributed by atoms with Crippen molar-refractivity contribution in [1.29, 1.82) is 0 Å². The highest BCUT2D eigenvalue weighted by Gasteiger charge is 2.08. The molecule has 1 amide bonds. The summed E-state index contributed by atoms with van der Waals surface area (Å²) >= 11 is 13.6. The molecule has 0 aliphatic heterocycles. The lowest BCUT2D eigenvalue weighted by Gasteiger charge is -2.08. The summed E-state index contributed by atoms with van der Waals surface area (Å²) in [6, 6.07) is 5.14. The number of thioether (sulfide) groups is 1. The van der Waals surface area contributed by atoms with Crippen molar-refractivity contribution in [3.63, 3.8) is 0 Å². The molecule has 0 spiro atoms. The molecular weight excluding hydrogens is 265 g/mol. The summed E-state index contributed by atoms with van der Waals surface area (Å²) in [4.78, 5) is 11.6. The van der Waals surface area contributed by atoms with Gasteiger partial charge in [0.05, 0.1) is 15.7 Å². The van der Waals surface area contributed by atoms with Gasteiger partial charge >= 0.3 is 0 Å². The molecule has 5 heteroatoms. The van der Waals surface area contributed by atoms with Crippen molar-refractivity contribution in [2.24, 2.45) is 0 Å². The van der Waals surface area contributed by atoms with Crippen LogP contribution in [0.15, 0.2) is 18.2 Å². The van der Waals surface area contributed by atoms with Crippen LogP contribution in [-0.4, -0.2) is 17.9 Å². The lowest BCUT2D eigenvalue weighted by Crippen LogP contribution is -2.12. The standard InChI is InChI=1S/C11H13Cl2NOS/c1-16-7-3-6-10(15)14-11-8(12)4-2-5-9(11)13/h2,4-5H,3,6-7H2,1H3,(H,14,15). The van der Waals surface area contributed by atoms with Crippen LogP contribution < -0.4 is 5.32 Å². The normalized spacial score (nSPS) is 10.2. The molecule has 1 aromatic rings. The van der Waals surface area contributed by atoms with Crippen LogP contribution in [0.3, 0.4) is 0 Å². The molecule has 88 valence electrons. The van der Waals surface area contributed by atoms with Crippen LogP contribution >= 0.6 is 35.0 Å². The van der Waals surface area contributed by atoms with Crippen LogP contribution in [0.25, 0.3) is 0 Å². The second kappa shape index (κ2) is 7.05. The molecule has 0 heterocycles. The van der Waals surface area contributed by atoms with E-state index in [0.717, 1.165) is 12.2 Å². The Morgan fingerprint density at radius 3 is 2.56 bits per heavy atom. The first-order valence-electron chi connectivity index (χ1n) is 4.88. The molecule has 0 atom stereocenters. The SMILES string of the molecule is CSCCCC(=O)Nc1c(Cl)cccc1Cl. The predicted molar refractivity (Wildman–Crippen MR) is 72.7 cm³/mol. The van der Waals surface area contributed by atoms with E-state index in [1.165, 1.54) is 0 Å². The zero-order valence-corrected chi connectivity index (χ0v) is 11.3. The maximum absolute atomic E-state index is 11.6. The van der Waals surface area contributed by atoms with Crippen LogP contribution in [0.2, 0.25) is 10.0 Å². The number of rotatable bonds is 5. The van der Waals surface area contributed by atoms with Gasteiger partial charge in [0.1, 0.15) is 0 Å². The molecule has 0 unspecified atom stereocenters. The molecule has 0 aliphatic carbocycles. The third-order valence-electron chi connectivity index (χ3n) is 1.98. The van der Waals surface area contributed by atoms with Gasteiger partial charge in [-0.3, -0.25) is 4.79 Å². The first-order chi connectivity index (χ1) is 7.65. The van der Waals surface area contributed by atoms with Crippen LogP contribution in [0.5, 0.6) is 0 Å². The topological polar surface area (TPSA) is 29.1 Å². The number of carbonyl (C=O) groups excluding carboxylic acids is 1. The minimum absolute atomic E-state index is 0.0518. The Bertz CT molecular complexity index is 351. The first-order valence-corrected chi connectivity index (χ1v) is 7.03. The number of nitrogens with one attached hydrogen (secondary N) is 1. The average Bonchev–Trinajstić information content (AvgIpc) is 2.24. The Morgan fingerprint density at radius 2 is 2.00 bits per heavy atom. The maximum Gasteiger partial charge on any atom is 0.224 e. The molecular formula is C11H13Cl2NOS. The number of benzene rings is 1. The Morgan fingerprint density at radius 1 is 1.38 bits per heavy atom. The summed E-state index contributed by atoms with van der Waals surface area (Å²) in [5.41, 5.74) is 0.500. The van der Waals surface area contributed by atoms with Crippen molar-refractivity contribution in [3.8, 4) is 0 Å². The molecule has 0 bridgehead atoms. The van der Waals surface area contributed by atoms with E-state index < -0.39 is 0 Å². The van der Waals surface area contributed by atoms with Gasteiger partial charge in [0, 0.05) is 6.42 Å². The lowest BCUT2D eigenvalue weighted by molar-refractivity contribution is -0.116. The van der Waals surface area contributed by atoms with Crippen molar-refractivity contribution in [2.45, 2.75) is 12.8 Å². The molecule has 0 radical (unpaired) electrons. The zero-order valence-electron chi connectivity index (χ0n) is 8.93. The molecule has 2 nitrogen and oxygen atoms in total. The third-order valence-corrected chi connectivity index (χ3v) is 3.31. The molecule has 16 heavy (non-hydrogen) atoms. The monoisotopic (exact) mass is 277 g/mol. The van der Waals surface area contributed by atoms with Gasteiger partial charge in [-0.15, -0.1) is 0 Å². The van der Waals surface area contributed by atoms with Gasteiger partial charge in [-0.1, -0.05) is 29.3 Å². The molecule has 0 aromatic heterocycles. The van der Waals surface area contributed by atoms with Gasteiger partial charge in [0.15, 0.2) is 0 Å². The van der Waals surface area contributed by atoms with Gasteiger partial charge in [-0.25, -0.2) is 0 Å². The fourth-order valence-corrected chi connectivity index (χ4v) is 2.12. The molecule has 1 aromatic carbocycles. The molecule has 0 saturated heterocycles. The van der Waals surface area contributed by atoms with E-state index in [2.05, 4.69) is 5.32 Å². The number of anilines is 1. The van der Waals surface area contributed by atoms with E-state index in [0.29, 0.717) is 22.2 Å². The van der Waals surface area contributed by atoms with E-state index in [1.807, 2.05) is 6.26 Å². The molecule has 0 saturated carbocycles. The summed E-state index contributed by atoms with van der Waals surface area (Å²) in [7, 11) is 0. The fraction of sp³-hybridized carbons (Fsp3) is 0.364. The number of amides is 1. The summed E-state index contributed by atoms with van der Waals surface area (Å²) < 4.78 is 0. The van der Waals surface area contributed by atoms with Crippen molar-refractivity contribution in [1.82, 2.24) is 0 Å². The van der Waals surface area contributed by atoms with Crippen LogP contribution in [0.4, 0.5) is 5.69 Å². The molecule has 1 N–H and O–H groups in total. The highest BCUT2D eigenvalue weighted by atomic mass is 35.5. The molecule has 0 fully saturated rings. The smallest absolute Gasteiger partial charge is 0.224 e. The number of halogens is 2. The van der Waals surface area contributed by atoms with Gasteiger partial charge in [0.2, 0.25) is 5.91 Å². The third kappa shape index (κ3) is 4.24. The van der Waals surface area contributed by atoms with Crippen molar-refractivity contribution < 1.29 is 4.79 Å². The molecule has 0 aliphatic rings. The van der Waals surface area contributed by atoms with Crippen molar-refractivity contribution in [3.05, 3.63) is 28.2 Å². The van der Waals surface area contributed by atoms with Crippen LogP contribution in [0.1, 0.15) is 12.8 Å². The van der Waals surface area contributed by atoms with E-state index >= 15 is 0 Å². The van der Waals surface area contributed by atoms with Gasteiger partial charge in [-0.2, -0.15) is 11.8 Å². The van der Waals surface area contributed by atoms with Crippen molar-refractivity contribution >= 4 is 46.6 Å². The minimum atomic E-state index is -0.0518. The maximum atomic E-state index is 11.6. The predicted octanol–water partition coefficient (Wildman–Crippen LogP) is 4.08. The summed E-state index contributed by atoms with van der Waals surface area (Å²) in [5.74, 6) is 0.924. The van der Waals surface area contributed by atoms with Gasteiger partial charge in [-0.05, 0) is 30.6 Å². The summed E-state index contributed by atoms with van der Waals surface area (Å²) in [6.45, 7) is 0. The van der Waals surface area contributed by atoms with Gasteiger partial charge < -0.3 is 5.32 Å². The summed E-state index contributed by atoms with van der Waals surface area (Å²) in [5, 5.41) is 3.65. The Kier molecular flexibility index (Phi) is 6.03. The number of hydrogen-bond donors (Lipinski definition) is 1. The van der Waals surface area contributed by atoms with Crippen LogP contribution in [-0.2, 0) is 4.79 Å². The average molecular weight is 278 g/mol. The highest BCUT2D eigenvalue weighted by molar-refractivity contribution is 7.98. The van der Waals surface area contributed by atoms with E-state index in [1.54, 1.807) is 30.0 Å². The lowest BCUT2D eigenvalue weighted by atomic mass is 10.3. The first kappa shape index (κ1) is 13.7. The largest absolute Gasteiger partial charge is 0.324 e. The zero-order chi connectivity index (χ0) is 12.0. The molecule has 1 rings (SSSR count). The van der Waals surface area contributed by atoms with Gasteiger partial charge in [0.25, 0.3) is 0 Å². The minimum Gasteiger partial charge on any atom is -0.324 e. The van der Waals surface area contributed by atoms with E-state index in [4.69, 9.17) is 23.2 Å². The highest BCUT2D eigenvalue weighted by Crippen LogP contribution is 2.29. The van der Waals surface area contributed by atoms with Crippen LogP contribution in [0, 0.1) is 0 Å². The number of carbonyl (C=O) groups is 1. The van der Waals surface area contributed by atoms with Crippen molar-refractivity contribution in [2.75, 3.05) is 17.3 Å². The Hall–Kier alpha value is -0.380. The summed E-state index contributed by atoms with van der Waals surface area (Å²) in [6.07, 6.45) is 3.36. The van der Waals surface area contributed by atoms with E-state index in [-0.39, 0.29) is 5.91 Å². The van der Waals surface area contributed by atoms with E-state index in [9.17, 15) is 4.79 Å². The number of para-hydroxylation sites is 1. The Labute approximate surface area is 110 Å². The second-order valence-electron chi connectivity index (χ2n) is 3.24. The number of hydrogen-bond acceptors (Lipinski definition) is 2. The fourth-order valence-electron chi connectivity index (χ4n) is 1.20.